The van der Waals surface area contributed by atoms with Gasteiger partial charge in [-0.2, -0.15) is 0 Å². The summed E-state index contributed by atoms with van der Waals surface area (Å²) in [5.41, 5.74) is 2.07. The third-order valence-corrected chi connectivity index (χ3v) is 5.10. The van der Waals surface area contributed by atoms with Gasteiger partial charge in [0, 0.05) is 11.6 Å². The summed E-state index contributed by atoms with van der Waals surface area (Å²) in [4.78, 5) is 15.2. The molecule has 142 valence electrons. The average molecular weight is 365 g/mol. The number of hydrogen-bond donors (Lipinski definition) is 0. The molecule has 0 unspecified atom stereocenters. The molecule has 0 saturated heterocycles. The summed E-state index contributed by atoms with van der Waals surface area (Å²) in [5, 5.41) is 0. The van der Waals surface area contributed by atoms with Crippen molar-refractivity contribution in [2.45, 2.75) is 26.4 Å². The molecule has 0 aliphatic carbocycles. The SMILES string of the molecule is COc1ccc(CN2C(=O)[C@H](C(C)C)C=C[C@@H]2c2ccccc2)c(OC)c1. The quantitative estimate of drug-likeness (QED) is 0.702. The van der Waals surface area contributed by atoms with Crippen LogP contribution in [0.15, 0.2) is 60.7 Å². The van der Waals surface area contributed by atoms with E-state index in [-0.39, 0.29) is 23.8 Å². The highest BCUT2D eigenvalue weighted by Gasteiger charge is 2.34. The van der Waals surface area contributed by atoms with E-state index in [4.69, 9.17) is 9.47 Å². The normalized spacial score (nSPS) is 19.4. The van der Waals surface area contributed by atoms with Gasteiger partial charge in [0.2, 0.25) is 5.91 Å². The summed E-state index contributed by atoms with van der Waals surface area (Å²) in [5.74, 6) is 1.77. The molecule has 0 fully saturated rings. The predicted octanol–water partition coefficient (Wildman–Crippen LogP) is 4.62. The van der Waals surface area contributed by atoms with Crippen LogP contribution in [0.1, 0.15) is 31.0 Å². The highest BCUT2D eigenvalue weighted by atomic mass is 16.5. The van der Waals surface area contributed by atoms with Crippen molar-refractivity contribution in [3.8, 4) is 11.5 Å². The molecular weight excluding hydrogens is 338 g/mol. The van der Waals surface area contributed by atoms with Crippen LogP contribution in [0.3, 0.4) is 0 Å². The zero-order chi connectivity index (χ0) is 19.4. The zero-order valence-electron chi connectivity index (χ0n) is 16.4. The minimum absolute atomic E-state index is 0.0829. The van der Waals surface area contributed by atoms with Crippen LogP contribution in [0.25, 0.3) is 0 Å². The Kier molecular flexibility index (Phi) is 5.84. The lowest BCUT2D eigenvalue weighted by molar-refractivity contribution is -0.138. The Balaban J connectivity index is 1.98. The van der Waals surface area contributed by atoms with E-state index in [2.05, 4.69) is 38.1 Å². The second-order valence-corrected chi connectivity index (χ2v) is 7.15. The van der Waals surface area contributed by atoms with Gasteiger partial charge in [0.1, 0.15) is 11.5 Å². The van der Waals surface area contributed by atoms with Crippen molar-refractivity contribution < 1.29 is 14.3 Å². The Labute approximate surface area is 161 Å². The molecule has 1 aliphatic rings. The summed E-state index contributed by atoms with van der Waals surface area (Å²) >= 11 is 0. The van der Waals surface area contributed by atoms with Crippen LogP contribution in [0, 0.1) is 11.8 Å². The number of rotatable bonds is 6. The molecule has 2 aromatic rings. The van der Waals surface area contributed by atoms with Crippen molar-refractivity contribution in [3.63, 3.8) is 0 Å². The summed E-state index contributed by atoms with van der Waals surface area (Å²) in [6.45, 7) is 4.66. The molecule has 0 radical (unpaired) electrons. The number of ether oxygens (including phenoxy) is 2. The Morgan fingerprint density at radius 2 is 1.74 bits per heavy atom. The molecule has 2 atom stereocenters. The minimum Gasteiger partial charge on any atom is -0.497 e. The number of amides is 1. The summed E-state index contributed by atoms with van der Waals surface area (Å²) < 4.78 is 10.8. The van der Waals surface area contributed by atoms with Crippen LogP contribution in [0.2, 0.25) is 0 Å². The van der Waals surface area contributed by atoms with Crippen LogP contribution >= 0.6 is 0 Å². The van der Waals surface area contributed by atoms with E-state index in [1.54, 1.807) is 14.2 Å². The molecule has 1 amide bonds. The largest absolute Gasteiger partial charge is 0.497 e. The van der Waals surface area contributed by atoms with Crippen molar-refractivity contribution >= 4 is 5.91 Å². The van der Waals surface area contributed by atoms with Crippen LogP contribution in [0.4, 0.5) is 0 Å². The number of carbonyl (C=O) groups is 1. The van der Waals surface area contributed by atoms with Gasteiger partial charge in [0.15, 0.2) is 0 Å². The Morgan fingerprint density at radius 3 is 2.37 bits per heavy atom. The smallest absolute Gasteiger partial charge is 0.230 e. The lowest BCUT2D eigenvalue weighted by Gasteiger charge is -2.37. The van der Waals surface area contributed by atoms with Gasteiger partial charge in [-0.3, -0.25) is 4.79 Å². The van der Waals surface area contributed by atoms with Gasteiger partial charge >= 0.3 is 0 Å². The van der Waals surface area contributed by atoms with Crippen molar-refractivity contribution in [3.05, 3.63) is 71.8 Å². The first-order chi connectivity index (χ1) is 13.0. The molecule has 3 rings (SSSR count). The maximum Gasteiger partial charge on any atom is 0.230 e. The topological polar surface area (TPSA) is 38.8 Å². The van der Waals surface area contributed by atoms with Gasteiger partial charge < -0.3 is 14.4 Å². The lowest BCUT2D eigenvalue weighted by Crippen LogP contribution is -2.42. The molecule has 4 heteroatoms. The number of benzene rings is 2. The van der Waals surface area contributed by atoms with Gasteiger partial charge in [-0.25, -0.2) is 0 Å². The molecular formula is C23H27NO3. The van der Waals surface area contributed by atoms with Crippen molar-refractivity contribution in [1.82, 2.24) is 4.90 Å². The second-order valence-electron chi connectivity index (χ2n) is 7.15. The molecule has 0 aromatic heterocycles. The Morgan fingerprint density at radius 1 is 1.00 bits per heavy atom. The van der Waals surface area contributed by atoms with E-state index in [0.29, 0.717) is 6.54 Å². The van der Waals surface area contributed by atoms with Crippen LogP contribution in [-0.2, 0) is 11.3 Å². The fraction of sp³-hybridized carbons (Fsp3) is 0.348. The van der Waals surface area contributed by atoms with Crippen molar-refractivity contribution in [2.24, 2.45) is 11.8 Å². The van der Waals surface area contributed by atoms with E-state index in [9.17, 15) is 4.79 Å². The molecule has 0 bridgehead atoms. The highest BCUT2D eigenvalue weighted by Crippen LogP contribution is 2.35. The first-order valence-corrected chi connectivity index (χ1v) is 9.29. The van der Waals surface area contributed by atoms with E-state index in [1.807, 2.05) is 41.3 Å². The number of carbonyl (C=O) groups excluding carboxylic acids is 1. The zero-order valence-corrected chi connectivity index (χ0v) is 16.4. The van der Waals surface area contributed by atoms with Gasteiger partial charge in [0.05, 0.1) is 32.7 Å². The van der Waals surface area contributed by atoms with E-state index < -0.39 is 0 Å². The number of methoxy groups -OCH3 is 2. The van der Waals surface area contributed by atoms with Crippen molar-refractivity contribution in [1.29, 1.82) is 0 Å². The Bertz CT molecular complexity index is 814. The number of hydrogen-bond acceptors (Lipinski definition) is 3. The first kappa shape index (κ1) is 19.0. The monoisotopic (exact) mass is 365 g/mol. The average Bonchev–Trinajstić information content (AvgIpc) is 2.70. The van der Waals surface area contributed by atoms with Crippen LogP contribution in [0.5, 0.6) is 11.5 Å². The molecule has 0 N–H and O–H groups in total. The Hall–Kier alpha value is -2.75. The maximum atomic E-state index is 13.3. The van der Waals surface area contributed by atoms with E-state index >= 15 is 0 Å². The predicted molar refractivity (Wildman–Crippen MR) is 107 cm³/mol. The van der Waals surface area contributed by atoms with Crippen LogP contribution < -0.4 is 9.47 Å². The molecule has 27 heavy (non-hydrogen) atoms. The first-order valence-electron chi connectivity index (χ1n) is 9.29. The standard InChI is InChI=1S/C23H27NO3/c1-16(2)20-12-13-21(17-8-6-5-7-9-17)24(23(20)25)15-18-10-11-19(26-3)14-22(18)27-4/h5-14,16,20-21H,15H2,1-4H3/t20-,21+/m0/s1. The maximum absolute atomic E-state index is 13.3. The van der Waals surface area contributed by atoms with Crippen LogP contribution in [-0.4, -0.2) is 25.0 Å². The van der Waals surface area contributed by atoms with Gasteiger partial charge in [0.25, 0.3) is 0 Å². The third kappa shape index (κ3) is 4.00. The third-order valence-electron chi connectivity index (χ3n) is 5.10. The summed E-state index contributed by atoms with van der Waals surface area (Å²) in [6, 6.07) is 15.8. The molecule has 0 spiro atoms. The molecule has 1 heterocycles. The van der Waals surface area contributed by atoms with Gasteiger partial charge in [-0.1, -0.05) is 56.3 Å². The second kappa shape index (κ2) is 8.30. The highest BCUT2D eigenvalue weighted by molar-refractivity contribution is 5.83. The minimum atomic E-state index is -0.103. The van der Waals surface area contributed by atoms with Gasteiger partial charge in [-0.15, -0.1) is 0 Å². The lowest BCUT2D eigenvalue weighted by atomic mass is 9.87. The van der Waals surface area contributed by atoms with Gasteiger partial charge in [-0.05, 0) is 23.6 Å². The molecule has 4 nitrogen and oxygen atoms in total. The molecule has 1 aliphatic heterocycles. The number of nitrogens with zero attached hydrogens (tertiary/aromatic N) is 1. The van der Waals surface area contributed by atoms with E-state index in [0.717, 1.165) is 22.6 Å². The fourth-order valence-corrected chi connectivity index (χ4v) is 3.53. The summed E-state index contributed by atoms with van der Waals surface area (Å²) in [6.07, 6.45) is 4.21. The molecule has 2 aromatic carbocycles. The van der Waals surface area contributed by atoms with E-state index in [1.165, 1.54) is 0 Å². The summed E-state index contributed by atoms with van der Waals surface area (Å²) in [7, 11) is 3.27. The van der Waals surface area contributed by atoms with Crippen molar-refractivity contribution in [2.75, 3.05) is 14.2 Å². The molecule has 0 saturated carbocycles. The fourth-order valence-electron chi connectivity index (χ4n) is 3.53.